The Balaban J connectivity index is 1.87. The fraction of sp³-hybridized carbons (Fsp3) is 0.158. The van der Waals surface area contributed by atoms with Crippen LogP contribution in [0.2, 0.25) is 0 Å². The third kappa shape index (κ3) is 3.63. The van der Waals surface area contributed by atoms with Gasteiger partial charge in [-0.15, -0.1) is 0 Å². The first kappa shape index (κ1) is 16.6. The van der Waals surface area contributed by atoms with Crippen LogP contribution in [0.15, 0.2) is 65.9 Å². The number of rotatable bonds is 4. The predicted octanol–water partition coefficient (Wildman–Crippen LogP) is 2.76. The summed E-state index contributed by atoms with van der Waals surface area (Å²) in [5.41, 5.74) is 1.96. The smallest absolute Gasteiger partial charge is 0.338 e. The monoisotopic (exact) mass is 338 g/mol. The quantitative estimate of drug-likeness (QED) is 0.748. The number of phenols is 1. The number of benzene rings is 2. The number of hydrogen-bond acceptors (Lipinski definition) is 4. The number of nitrogens with one attached hydrogen (secondary N) is 2. The molecule has 0 aliphatic carbocycles. The van der Waals surface area contributed by atoms with Crippen LogP contribution < -0.4 is 10.6 Å². The highest BCUT2D eigenvalue weighted by atomic mass is 16.5. The molecule has 3 rings (SSSR count). The molecule has 0 spiro atoms. The second-order valence-electron chi connectivity index (χ2n) is 5.69. The van der Waals surface area contributed by atoms with Gasteiger partial charge in [0, 0.05) is 11.3 Å². The van der Waals surface area contributed by atoms with Crippen molar-refractivity contribution in [2.75, 3.05) is 0 Å². The van der Waals surface area contributed by atoms with E-state index >= 15 is 0 Å². The van der Waals surface area contributed by atoms with E-state index in [0.29, 0.717) is 11.3 Å². The summed E-state index contributed by atoms with van der Waals surface area (Å²) in [5.74, 6) is -0.557. The van der Waals surface area contributed by atoms with Gasteiger partial charge in [0.25, 0.3) is 0 Å². The molecule has 6 heteroatoms. The number of phenolic OH excluding ortho intramolecular Hbond substituents is 1. The highest BCUT2D eigenvalue weighted by Gasteiger charge is 2.33. The lowest BCUT2D eigenvalue weighted by Crippen LogP contribution is -2.45. The minimum Gasteiger partial charge on any atom is -0.508 e. The average molecular weight is 338 g/mol. The van der Waals surface area contributed by atoms with E-state index in [1.165, 1.54) is 6.07 Å². The van der Waals surface area contributed by atoms with Crippen molar-refractivity contribution in [1.29, 1.82) is 0 Å². The average Bonchev–Trinajstić information content (AvgIpc) is 2.60. The maximum Gasteiger partial charge on any atom is 0.338 e. The Kier molecular flexibility index (Phi) is 4.70. The fourth-order valence-corrected chi connectivity index (χ4v) is 2.73. The SMILES string of the molecule is CC1=C(C(=O)OCc2ccccc2)[C@@H](c2ccccc2O)NC(=O)N1. The van der Waals surface area contributed by atoms with Crippen molar-refractivity contribution in [1.82, 2.24) is 10.6 Å². The van der Waals surface area contributed by atoms with Gasteiger partial charge in [-0.3, -0.25) is 0 Å². The molecule has 0 radical (unpaired) electrons. The molecule has 0 bridgehead atoms. The highest BCUT2D eigenvalue weighted by molar-refractivity contribution is 5.95. The van der Waals surface area contributed by atoms with Crippen LogP contribution in [-0.4, -0.2) is 17.1 Å². The van der Waals surface area contributed by atoms with E-state index in [9.17, 15) is 14.7 Å². The van der Waals surface area contributed by atoms with E-state index in [2.05, 4.69) is 10.6 Å². The topological polar surface area (TPSA) is 87.7 Å². The third-order valence-corrected chi connectivity index (χ3v) is 3.95. The van der Waals surface area contributed by atoms with Gasteiger partial charge >= 0.3 is 12.0 Å². The summed E-state index contributed by atoms with van der Waals surface area (Å²) >= 11 is 0. The Morgan fingerprint density at radius 1 is 1.12 bits per heavy atom. The Morgan fingerprint density at radius 2 is 1.80 bits per heavy atom. The number of esters is 1. The molecule has 25 heavy (non-hydrogen) atoms. The van der Waals surface area contributed by atoms with Crippen LogP contribution in [0.4, 0.5) is 4.79 Å². The van der Waals surface area contributed by atoms with Gasteiger partial charge in [0.05, 0.1) is 11.6 Å². The summed E-state index contributed by atoms with van der Waals surface area (Å²) in [6.07, 6.45) is 0. The second-order valence-corrected chi connectivity index (χ2v) is 5.69. The van der Waals surface area contributed by atoms with Crippen molar-refractivity contribution >= 4 is 12.0 Å². The lowest BCUT2D eigenvalue weighted by Gasteiger charge is -2.28. The summed E-state index contributed by atoms with van der Waals surface area (Å²) in [4.78, 5) is 24.5. The van der Waals surface area contributed by atoms with Crippen LogP contribution in [0, 0.1) is 0 Å². The largest absolute Gasteiger partial charge is 0.508 e. The van der Waals surface area contributed by atoms with Crippen molar-refractivity contribution in [2.45, 2.75) is 19.6 Å². The molecule has 1 aliphatic rings. The first-order valence-electron chi connectivity index (χ1n) is 7.83. The van der Waals surface area contributed by atoms with Gasteiger partial charge in [-0.25, -0.2) is 9.59 Å². The Bertz CT molecular complexity index is 830. The lowest BCUT2D eigenvalue weighted by atomic mass is 9.95. The molecule has 128 valence electrons. The highest BCUT2D eigenvalue weighted by Crippen LogP contribution is 2.32. The molecule has 2 aromatic carbocycles. The van der Waals surface area contributed by atoms with Crippen LogP contribution in [0.3, 0.4) is 0 Å². The Morgan fingerprint density at radius 3 is 2.52 bits per heavy atom. The number of para-hydroxylation sites is 1. The number of ether oxygens (including phenoxy) is 1. The van der Waals surface area contributed by atoms with Crippen LogP contribution in [-0.2, 0) is 16.1 Å². The zero-order chi connectivity index (χ0) is 17.8. The van der Waals surface area contributed by atoms with Gasteiger partial charge in [-0.05, 0) is 18.6 Å². The van der Waals surface area contributed by atoms with Crippen LogP contribution in [0.5, 0.6) is 5.75 Å². The molecular weight excluding hydrogens is 320 g/mol. The number of aromatic hydroxyl groups is 1. The predicted molar refractivity (Wildman–Crippen MR) is 91.5 cm³/mol. The number of carbonyl (C=O) groups excluding carboxylic acids is 2. The van der Waals surface area contributed by atoms with E-state index in [-0.39, 0.29) is 17.9 Å². The standard InChI is InChI=1S/C19H18N2O4/c1-12-16(18(23)25-11-13-7-3-2-4-8-13)17(21-19(24)20-12)14-9-5-6-10-15(14)22/h2-10,17,22H,11H2,1H3,(H2,20,21,24)/t17-/m1/s1. The van der Waals surface area contributed by atoms with Crippen LogP contribution in [0.25, 0.3) is 0 Å². The summed E-state index contributed by atoms with van der Waals surface area (Å²) in [6, 6.07) is 14.7. The zero-order valence-corrected chi connectivity index (χ0v) is 13.7. The first-order chi connectivity index (χ1) is 12.1. The zero-order valence-electron chi connectivity index (χ0n) is 13.7. The van der Waals surface area contributed by atoms with E-state index in [1.807, 2.05) is 30.3 Å². The molecule has 0 fully saturated rings. The van der Waals surface area contributed by atoms with E-state index in [0.717, 1.165) is 5.56 Å². The van der Waals surface area contributed by atoms with Crippen molar-refractivity contribution in [3.63, 3.8) is 0 Å². The third-order valence-electron chi connectivity index (χ3n) is 3.95. The minimum atomic E-state index is -0.779. The van der Waals surface area contributed by atoms with Crippen molar-refractivity contribution in [2.24, 2.45) is 0 Å². The summed E-state index contributed by atoms with van der Waals surface area (Å²) in [6.45, 7) is 1.75. The van der Waals surface area contributed by atoms with Gasteiger partial charge in [0.15, 0.2) is 0 Å². The number of carbonyl (C=O) groups is 2. The maximum absolute atomic E-state index is 12.6. The van der Waals surface area contributed by atoms with E-state index < -0.39 is 18.0 Å². The van der Waals surface area contributed by atoms with E-state index in [1.54, 1.807) is 25.1 Å². The van der Waals surface area contributed by atoms with Crippen molar-refractivity contribution < 1.29 is 19.4 Å². The van der Waals surface area contributed by atoms with Crippen molar-refractivity contribution in [3.8, 4) is 5.75 Å². The Labute approximate surface area is 145 Å². The molecule has 2 amide bonds. The molecule has 3 N–H and O–H groups in total. The number of allylic oxidation sites excluding steroid dienone is 1. The molecule has 6 nitrogen and oxygen atoms in total. The summed E-state index contributed by atoms with van der Waals surface area (Å²) < 4.78 is 5.40. The fourth-order valence-electron chi connectivity index (χ4n) is 2.73. The number of urea groups is 1. The molecule has 1 heterocycles. The van der Waals surface area contributed by atoms with Crippen LogP contribution >= 0.6 is 0 Å². The first-order valence-corrected chi connectivity index (χ1v) is 7.83. The number of hydrogen-bond donors (Lipinski definition) is 3. The molecule has 0 saturated carbocycles. The minimum absolute atomic E-state index is 0.00383. The van der Waals surface area contributed by atoms with Gasteiger partial charge in [0.2, 0.25) is 0 Å². The maximum atomic E-state index is 12.6. The van der Waals surface area contributed by atoms with E-state index in [4.69, 9.17) is 4.74 Å². The second kappa shape index (κ2) is 7.09. The van der Waals surface area contributed by atoms with Gasteiger partial charge in [-0.1, -0.05) is 48.5 Å². The van der Waals surface area contributed by atoms with Crippen molar-refractivity contribution in [3.05, 3.63) is 77.0 Å². The normalized spacial score (nSPS) is 16.8. The van der Waals surface area contributed by atoms with Crippen LogP contribution in [0.1, 0.15) is 24.1 Å². The van der Waals surface area contributed by atoms with Gasteiger partial charge in [-0.2, -0.15) is 0 Å². The number of amides is 2. The Hall–Kier alpha value is -3.28. The molecule has 1 aliphatic heterocycles. The molecule has 0 unspecified atom stereocenters. The molecule has 0 saturated heterocycles. The summed E-state index contributed by atoms with van der Waals surface area (Å²) in [7, 11) is 0. The molecule has 2 aromatic rings. The van der Waals surface area contributed by atoms with Gasteiger partial charge in [0.1, 0.15) is 12.4 Å². The summed E-state index contributed by atoms with van der Waals surface area (Å²) in [5, 5.41) is 15.3. The molecule has 1 atom stereocenters. The molecule has 0 aromatic heterocycles. The van der Waals surface area contributed by atoms with Gasteiger partial charge < -0.3 is 20.5 Å². The molecular formula is C19H18N2O4. The lowest BCUT2D eigenvalue weighted by molar-refractivity contribution is -0.140.